The van der Waals surface area contributed by atoms with Gasteiger partial charge in [-0.2, -0.15) is 0 Å². The number of hydrogen-bond acceptors (Lipinski definition) is 7. The monoisotopic (exact) mass is 403 g/mol. The van der Waals surface area contributed by atoms with Gasteiger partial charge in [-0.05, 0) is 63.6 Å². The van der Waals surface area contributed by atoms with E-state index in [4.69, 9.17) is 15.6 Å². The van der Waals surface area contributed by atoms with Gasteiger partial charge in [-0.15, -0.1) is 0 Å². The first-order chi connectivity index (χ1) is 12.3. The van der Waals surface area contributed by atoms with Gasteiger partial charge in [0.05, 0.1) is 12.2 Å². The standard InChI is InChI=1S/C15H25N3O2S2.C3H8O/c1-15(2,7-8-16)20-11-10-17-13(19)6-12-21-22-14-5-3-4-9-18-14;1-3(2)4/h3-5,9H,6-8,10-12,16H2,1-2H3,(H,17,19);3-4H,1-2H3. The first kappa shape index (κ1) is 25.2. The van der Waals surface area contributed by atoms with Crippen molar-refractivity contribution >= 4 is 27.5 Å². The summed E-state index contributed by atoms with van der Waals surface area (Å²) in [4.78, 5) is 15.9. The van der Waals surface area contributed by atoms with Crippen LogP contribution in [0.25, 0.3) is 0 Å². The van der Waals surface area contributed by atoms with Crippen LogP contribution in [0.1, 0.15) is 40.5 Å². The zero-order valence-electron chi connectivity index (χ0n) is 16.2. The predicted octanol–water partition coefficient (Wildman–Crippen LogP) is 2.86. The van der Waals surface area contributed by atoms with Gasteiger partial charge < -0.3 is 20.9 Å². The zero-order valence-corrected chi connectivity index (χ0v) is 17.9. The SMILES string of the molecule is CC(C)(CCN)OCCNC(=O)CCSSc1ccccn1.CC(C)O. The number of carbonyl (C=O) groups excluding carboxylic acids is 1. The number of rotatable bonds is 11. The summed E-state index contributed by atoms with van der Waals surface area (Å²) in [6.45, 7) is 9.10. The number of amides is 1. The molecule has 1 aromatic heterocycles. The Kier molecular flexibility index (Phi) is 14.8. The van der Waals surface area contributed by atoms with Crippen LogP contribution < -0.4 is 11.1 Å². The van der Waals surface area contributed by atoms with Crippen LogP contribution >= 0.6 is 21.6 Å². The molecule has 0 saturated heterocycles. The summed E-state index contributed by atoms with van der Waals surface area (Å²) < 4.78 is 5.69. The van der Waals surface area contributed by atoms with Crippen LogP contribution in [-0.4, -0.2) is 53.2 Å². The molecule has 0 atom stereocenters. The molecule has 0 fully saturated rings. The summed E-state index contributed by atoms with van der Waals surface area (Å²) in [5.74, 6) is 0.807. The van der Waals surface area contributed by atoms with Crippen LogP contribution in [0.5, 0.6) is 0 Å². The second-order valence-electron chi connectivity index (χ2n) is 6.41. The minimum absolute atomic E-state index is 0.0503. The third-order valence-corrected chi connectivity index (χ3v) is 5.12. The van der Waals surface area contributed by atoms with Gasteiger partial charge in [-0.25, -0.2) is 4.98 Å². The molecule has 0 spiro atoms. The van der Waals surface area contributed by atoms with E-state index in [0.717, 1.165) is 17.2 Å². The zero-order chi connectivity index (χ0) is 19.8. The quantitative estimate of drug-likeness (QED) is 0.386. The Hall–Kier alpha value is -0.800. The van der Waals surface area contributed by atoms with Crippen molar-refractivity contribution in [3.8, 4) is 0 Å². The van der Waals surface area contributed by atoms with E-state index < -0.39 is 0 Å². The Labute approximate surface area is 165 Å². The lowest BCUT2D eigenvalue weighted by Gasteiger charge is -2.24. The minimum Gasteiger partial charge on any atom is -0.394 e. The molecule has 26 heavy (non-hydrogen) atoms. The maximum Gasteiger partial charge on any atom is 0.220 e. The molecule has 8 heteroatoms. The van der Waals surface area contributed by atoms with E-state index in [2.05, 4.69) is 10.3 Å². The highest BCUT2D eigenvalue weighted by Gasteiger charge is 2.16. The fraction of sp³-hybridized carbons (Fsp3) is 0.667. The number of ether oxygens (including phenoxy) is 1. The van der Waals surface area contributed by atoms with E-state index in [1.165, 1.54) is 0 Å². The first-order valence-electron chi connectivity index (χ1n) is 8.76. The molecular formula is C18H33N3O3S2. The Bertz CT molecular complexity index is 471. The van der Waals surface area contributed by atoms with E-state index in [-0.39, 0.29) is 17.6 Å². The average Bonchev–Trinajstić information content (AvgIpc) is 2.56. The van der Waals surface area contributed by atoms with Crippen LogP contribution in [0.3, 0.4) is 0 Å². The molecule has 1 amide bonds. The van der Waals surface area contributed by atoms with Gasteiger partial charge in [0.1, 0.15) is 5.03 Å². The van der Waals surface area contributed by atoms with Crippen LogP contribution in [-0.2, 0) is 9.53 Å². The van der Waals surface area contributed by atoms with Crippen LogP contribution in [0.2, 0.25) is 0 Å². The maximum absolute atomic E-state index is 11.7. The Morgan fingerprint density at radius 2 is 2.12 bits per heavy atom. The number of nitrogens with zero attached hydrogens (tertiary/aromatic N) is 1. The lowest BCUT2D eigenvalue weighted by Crippen LogP contribution is -2.33. The molecule has 6 nitrogen and oxygen atoms in total. The summed E-state index contributed by atoms with van der Waals surface area (Å²) in [6.07, 6.45) is 2.90. The van der Waals surface area contributed by atoms with E-state index in [1.54, 1.807) is 41.6 Å². The van der Waals surface area contributed by atoms with Crippen molar-refractivity contribution in [2.24, 2.45) is 5.73 Å². The Balaban J connectivity index is 0.00000141. The van der Waals surface area contributed by atoms with Crippen molar-refractivity contribution in [2.45, 2.75) is 57.3 Å². The lowest BCUT2D eigenvalue weighted by molar-refractivity contribution is -0.121. The predicted molar refractivity (Wildman–Crippen MR) is 111 cm³/mol. The molecule has 0 radical (unpaired) electrons. The number of carbonyl (C=O) groups is 1. The summed E-state index contributed by atoms with van der Waals surface area (Å²) in [5.41, 5.74) is 5.29. The molecule has 0 saturated carbocycles. The topological polar surface area (TPSA) is 97.5 Å². The molecular weight excluding hydrogens is 370 g/mol. The molecule has 0 bridgehead atoms. The first-order valence-corrected chi connectivity index (χ1v) is 11.1. The van der Waals surface area contributed by atoms with Crippen LogP contribution in [0.15, 0.2) is 29.4 Å². The largest absolute Gasteiger partial charge is 0.394 e. The number of pyridine rings is 1. The number of aliphatic hydroxyl groups excluding tert-OH is 1. The van der Waals surface area contributed by atoms with Crippen LogP contribution in [0, 0.1) is 0 Å². The molecule has 1 heterocycles. The van der Waals surface area contributed by atoms with Gasteiger partial charge >= 0.3 is 0 Å². The fourth-order valence-electron chi connectivity index (χ4n) is 1.66. The molecule has 0 aliphatic rings. The molecule has 1 aromatic rings. The van der Waals surface area contributed by atoms with Gasteiger partial charge in [-0.1, -0.05) is 16.9 Å². The summed E-state index contributed by atoms with van der Waals surface area (Å²) in [5, 5.41) is 11.9. The van der Waals surface area contributed by atoms with E-state index in [0.29, 0.717) is 26.1 Å². The van der Waals surface area contributed by atoms with Crippen LogP contribution in [0.4, 0.5) is 0 Å². The highest BCUT2D eigenvalue weighted by molar-refractivity contribution is 8.76. The third-order valence-electron chi connectivity index (χ3n) is 2.86. The second-order valence-corrected chi connectivity index (χ2v) is 8.85. The van der Waals surface area contributed by atoms with Gasteiger partial charge in [0.25, 0.3) is 0 Å². The Morgan fingerprint density at radius 3 is 2.69 bits per heavy atom. The minimum atomic E-state index is -0.228. The molecule has 4 N–H and O–H groups in total. The van der Waals surface area contributed by atoms with Gasteiger partial charge in [0.2, 0.25) is 5.91 Å². The normalized spacial score (nSPS) is 11.0. The smallest absolute Gasteiger partial charge is 0.220 e. The molecule has 0 aliphatic heterocycles. The Morgan fingerprint density at radius 1 is 1.42 bits per heavy atom. The van der Waals surface area contributed by atoms with Crippen molar-refractivity contribution in [1.29, 1.82) is 0 Å². The van der Waals surface area contributed by atoms with Gasteiger partial charge in [-0.3, -0.25) is 4.79 Å². The second kappa shape index (κ2) is 15.3. The van der Waals surface area contributed by atoms with E-state index in [1.807, 2.05) is 32.0 Å². The highest BCUT2D eigenvalue weighted by Crippen LogP contribution is 2.29. The number of nitrogens with two attached hydrogens (primary N) is 1. The molecule has 0 aliphatic carbocycles. The van der Waals surface area contributed by atoms with Crippen molar-refractivity contribution < 1.29 is 14.6 Å². The molecule has 150 valence electrons. The molecule has 0 aromatic carbocycles. The molecule has 0 unspecified atom stereocenters. The van der Waals surface area contributed by atoms with Gasteiger partial charge in [0.15, 0.2) is 0 Å². The highest BCUT2D eigenvalue weighted by atomic mass is 33.1. The maximum atomic E-state index is 11.7. The van der Waals surface area contributed by atoms with E-state index >= 15 is 0 Å². The van der Waals surface area contributed by atoms with Crippen molar-refractivity contribution in [2.75, 3.05) is 25.4 Å². The van der Waals surface area contributed by atoms with Crippen molar-refractivity contribution in [3.63, 3.8) is 0 Å². The summed E-state index contributed by atoms with van der Waals surface area (Å²) in [7, 11) is 3.22. The average molecular weight is 404 g/mol. The fourth-order valence-corrected chi connectivity index (χ4v) is 3.53. The third kappa shape index (κ3) is 16.7. The summed E-state index contributed by atoms with van der Waals surface area (Å²) >= 11 is 0. The molecule has 1 rings (SSSR count). The number of aliphatic hydroxyl groups is 1. The lowest BCUT2D eigenvalue weighted by atomic mass is 10.1. The van der Waals surface area contributed by atoms with Crippen molar-refractivity contribution in [1.82, 2.24) is 10.3 Å². The van der Waals surface area contributed by atoms with Crippen molar-refractivity contribution in [3.05, 3.63) is 24.4 Å². The van der Waals surface area contributed by atoms with Gasteiger partial charge in [0, 0.05) is 31.0 Å². The van der Waals surface area contributed by atoms with E-state index in [9.17, 15) is 4.79 Å². The number of nitrogens with one attached hydrogen (secondary N) is 1. The number of hydrogen-bond donors (Lipinski definition) is 3. The summed E-state index contributed by atoms with van der Waals surface area (Å²) in [6, 6.07) is 5.80. The number of aromatic nitrogens is 1.